The van der Waals surface area contributed by atoms with Crippen molar-refractivity contribution in [2.75, 3.05) is 12.0 Å². The van der Waals surface area contributed by atoms with Crippen LogP contribution in [0.15, 0.2) is 37.1 Å². The summed E-state index contributed by atoms with van der Waals surface area (Å²) in [5, 5.41) is 0. The minimum Gasteiger partial charge on any atom is -0.305 e. The van der Waals surface area contributed by atoms with E-state index < -0.39 is 0 Å². The van der Waals surface area contributed by atoms with Crippen LogP contribution in [0, 0.1) is 6.92 Å². The zero-order chi connectivity index (χ0) is 15.3. The Hall–Kier alpha value is -1.35. The number of rotatable bonds is 6. The van der Waals surface area contributed by atoms with Crippen molar-refractivity contribution in [3.8, 4) is 0 Å². The summed E-state index contributed by atoms with van der Waals surface area (Å²) in [5.74, 6) is 0.877. The molecule has 0 radical (unpaired) electrons. The topological polar surface area (TPSA) is 24.1 Å². The monoisotopic (exact) mass is 290 g/mol. The molecule has 0 spiro atoms. The van der Waals surface area contributed by atoms with Crippen molar-refractivity contribution in [1.82, 2.24) is 10.9 Å². The first-order valence-electron chi connectivity index (χ1n) is 6.75. The quantitative estimate of drug-likeness (QED) is 0.767. The van der Waals surface area contributed by atoms with E-state index in [-0.39, 0.29) is 5.41 Å². The molecule has 2 nitrogen and oxygen atoms in total. The van der Waals surface area contributed by atoms with Crippen LogP contribution < -0.4 is 10.9 Å². The van der Waals surface area contributed by atoms with Gasteiger partial charge in [0.2, 0.25) is 0 Å². The van der Waals surface area contributed by atoms with Crippen molar-refractivity contribution >= 4 is 17.5 Å². The van der Waals surface area contributed by atoms with Gasteiger partial charge in [-0.05, 0) is 29.7 Å². The maximum atomic E-state index is 4.09. The molecule has 0 aromatic heterocycles. The molecule has 1 rings (SSSR count). The van der Waals surface area contributed by atoms with Crippen LogP contribution in [0.5, 0.6) is 0 Å². The molecule has 0 aliphatic rings. The molecule has 0 atom stereocenters. The zero-order valence-corrected chi connectivity index (χ0v) is 14.1. The summed E-state index contributed by atoms with van der Waals surface area (Å²) < 4.78 is 0. The molecule has 1 aromatic rings. The van der Waals surface area contributed by atoms with E-state index in [0.29, 0.717) is 0 Å². The summed E-state index contributed by atoms with van der Waals surface area (Å²) in [6.45, 7) is 16.8. The van der Waals surface area contributed by atoms with Gasteiger partial charge in [0.1, 0.15) is 0 Å². The summed E-state index contributed by atoms with van der Waals surface area (Å²) in [7, 11) is 0. The maximum absolute atomic E-state index is 4.09. The minimum atomic E-state index is 0.170. The van der Waals surface area contributed by atoms with E-state index in [1.54, 1.807) is 11.8 Å². The lowest BCUT2D eigenvalue weighted by atomic mass is 9.85. The van der Waals surface area contributed by atoms with Crippen LogP contribution in [-0.2, 0) is 5.41 Å². The number of hydrogen-bond donors (Lipinski definition) is 2. The van der Waals surface area contributed by atoms with E-state index >= 15 is 0 Å². The second-order valence-electron chi connectivity index (χ2n) is 6.04. The second-order valence-corrected chi connectivity index (χ2v) is 6.91. The summed E-state index contributed by atoms with van der Waals surface area (Å²) in [6.07, 6.45) is 2.05. The zero-order valence-electron chi connectivity index (χ0n) is 13.3. The Balaban J connectivity index is 2.77. The van der Waals surface area contributed by atoms with Crippen molar-refractivity contribution in [2.24, 2.45) is 0 Å². The van der Waals surface area contributed by atoms with Crippen LogP contribution >= 0.6 is 11.8 Å². The smallest absolute Gasteiger partial charge is 0.0542 e. The first-order valence-corrected chi connectivity index (χ1v) is 8.14. The van der Waals surface area contributed by atoms with Crippen LogP contribution in [0.2, 0.25) is 0 Å². The number of thioether (sulfide) groups is 1. The normalized spacial score (nSPS) is 11.1. The van der Waals surface area contributed by atoms with Gasteiger partial charge in [-0.15, -0.1) is 0 Å². The van der Waals surface area contributed by atoms with Gasteiger partial charge in [0.25, 0.3) is 0 Å². The highest BCUT2D eigenvalue weighted by Gasteiger charge is 2.15. The third-order valence-corrected chi connectivity index (χ3v) is 3.76. The van der Waals surface area contributed by atoms with E-state index in [1.807, 2.05) is 0 Å². The Morgan fingerprint density at radius 2 is 1.85 bits per heavy atom. The second kappa shape index (κ2) is 6.89. The Morgan fingerprint density at radius 3 is 2.35 bits per heavy atom. The summed E-state index contributed by atoms with van der Waals surface area (Å²) >= 11 is 1.73. The highest BCUT2D eigenvalue weighted by molar-refractivity contribution is 7.98. The Kier molecular flexibility index (Phi) is 5.75. The van der Waals surface area contributed by atoms with Gasteiger partial charge < -0.3 is 10.9 Å². The predicted octanol–water partition coefficient (Wildman–Crippen LogP) is 4.23. The lowest BCUT2D eigenvalue weighted by molar-refractivity contribution is 0.589. The third kappa shape index (κ3) is 4.64. The summed E-state index contributed by atoms with van der Waals surface area (Å²) in [5.41, 5.74) is 11.9. The van der Waals surface area contributed by atoms with Crippen molar-refractivity contribution in [3.63, 3.8) is 0 Å². The van der Waals surface area contributed by atoms with Crippen LogP contribution in [0.4, 0.5) is 0 Å². The summed E-state index contributed by atoms with van der Waals surface area (Å²) in [4.78, 5) is 0. The maximum Gasteiger partial charge on any atom is 0.0542 e. The van der Waals surface area contributed by atoms with Gasteiger partial charge in [0.05, 0.1) is 5.70 Å². The van der Waals surface area contributed by atoms with Crippen molar-refractivity contribution in [1.29, 1.82) is 0 Å². The highest BCUT2D eigenvalue weighted by atomic mass is 32.2. The molecule has 0 fully saturated rings. The highest BCUT2D eigenvalue weighted by Crippen LogP contribution is 2.26. The fourth-order valence-corrected chi connectivity index (χ4v) is 2.33. The SMILES string of the molecule is C=C(CSC)NNC(=C)c1ccc(C(C)(C)C)cc1C. The molecule has 3 heteroatoms. The fourth-order valence-electron chi connectivity index (χ4n) is 1.91. The van der Waals surface area contributed by atoms with E-state index in [2.05, 4.69) is 76.2 Å². The molecule has 0 saturated heterocycles. The van der Waals surface area contributed by atoms with Crippen LogP contribution in [0.3, 0.4) is 0 Å². The van der Waals surface area contributed by atoms with Gasteiger partial charge >= 0.3 is 0 Å². The van der Waals surface area contributed by atoms with E-state index in [0.717, 1.165) is 22.7 Å². The summed E-state index contributed by atoms with van der Waals surface area (Å²) in [6, 6.07) is 6.54. The molecule has 110 valence electrons. The molecule has 0 unspecified atom stereocenters. The Bertz CT molecular complexity index is 498. The van der Waals surface area contributed by atoms with E-state index in [1.165, 1.54) is 11.1 Å². The van der Waals surface area contributed by atoms with Crippen molar-refractivity contribution in [2.45, 2.75) is 33.1 Å². The van der Waals surface area contributed by atoms with E-state index in [4.69, 9.17) is 0 Å². The standard InChI is InChI=1S/C17H26N2S/c1-12-10-15(17(4,5)6)8-9-16(12)14(3)19-18-13(2)11-20-7/h8-10,18-19H,2-3,11H2,1,4-7H3. The third-order valence-electron chi connectivity index (χ3n) is 3.13. The molecule has 0 aliphatic carbocycles. The first kappa shape index (κ1) is 16.7. The minimum absolute atomic E-state index is 0.170. The molecular weight excluding hydrogens is 264 g/mol. The molecule has 0 aliphatic heterocycles. The first-order chi connectivity index (χ1) is 9.25. The predicted molar refractivity (Wildman–Crippen MR) is 92.7 cm³/mol. The van der Waals surface area contributed by atoms with Crippen LogP contribution in [0.25, 0.3) is 5.70 Å². The number of benzene rings is 1. The van der Waals surface area contributed by atoms with Crippen molar-refractivity contribution in [3.05, 3.63) is 53.7 Å². The van der Waals surface area contributed by atoms with E-state index in [9.17, 15) is 0 Å². The molecule has 1 aromatic carbocycles. The number of nitrogens with one attached hydrogen (secondary N) is 2. The van der Waals surface area contributed by atoms with Gasteiger partial charge in [0.15, 0.2) is 0 Å². The molecular formula is C17H26N2S. The molecule has 0 heterocycles. The largest absolute Gasteiger partial charge is 0.305 e. The average molecular weight is 290 g/mol. The van der Waals surface area contributed by atoms with Gasteiger partial charge in [0, 0.05) is 17.0 Å². The molecule has 0 bridgehead atoms. The number of hydrazine groups is 1. The lowest BCUT2D eigenvalue weighted by Gasteiger charge is -2.21. The Morgan fingerprint density at radius 1 is 1.20 bits per heavy atom. The molecule has 0 saturated carbocycles. The molecule has 0 amide bonds. The van der Waals surface area contributed by atoms with Gasteiger partial charge in [-0.2, -0.15) is 11.8 Å². The van der Waals surface area contributed by atoms with Crippen LogP contribution in [-0.4, -0.2) is 12.0 Å². The van der Waals surface area contributed by atoms with Gasteiger partial charge in [-0.1, -0.05) is 52.1 Å². The Labute approximate surface area is 127 Å². The number of hydrogen-bond acceptors (Lipinski definition) is 3. The molecule has 2 N–H and O–H groups in total. The van der Waals surface area contributed by atoms with Gasteiger partial charge in [-0.25, -0.2) is 0 Å². The molecule has 20 heavy (non-hydrogen) atoms. The average Bonchev–Trinajstić information content (AvgIpc) is 2.35. The lowest BCUT2D eigenvalue weighted by Crippen LogP contribution is -2.30. The fraction of sp³-hybridized carbons (Fsp3) is 0.412. The number of aryl methyl sites for hydroxylation is 1. The van der Waals surface area contributed by atoms with Crippen LogP contribution in [0.1, 0.15) is 37.5 Å². The van der Waals surface area contributed by atoms with Crippen molar-refractivity contribution < 1.29 is 0 Å². The van der Waals surface area contributed by atoms with Gasteiger partial charge in [-0.3, -0.25) is 0 Å².